The zero-order valence-corrected chi connectivity index (χ0v) is 11.0. The van der Waals surface area contributed by atoms with Crippen LogP contribution in [0.15, 0.2) is 0 Å². The molecule has 2 fully saturated rings. The smallest absolute Gasteiger partial charge is 0.0576 e. The first kappa shape index (κ1) is 13.3. The second-order valence-electron chi connectivity index (χ2n) is 5.80. The first-order valence-electron chi connectivity index (χ1n) is 7.46. The average Bonchev–Trinajstić information content (AvgIpc) is 3.02. The Morgan fingerprint density at radius 2 is 1.82 bits per heavy atom. The van der Waals surface area contributed by atoms with Crippen LogP contribution < -0.4 is 11.3 Å². The molecule has 0 aromatic carbocycles. The van der Waals surface area contributed by atoms with Gasteiger partial charge < -0.3 is 4.74 Å². The Morgan fingerprint density at radius 1 is 1.06 bits per heavy atom. The van der Waals surface area contributed by atoms with E-state index in [1.165, 1.54) is 64.2 Å². The van der Waals surface area contributed by atoms with Crippen molar-refractivity contribution in [2.45, 2.75) is 76.4 Å². The maximum atomic E-state index is 5.66. The van der Waals surface area contributed by atoms with Crippen molar-refractivity contribution in [3.63, 3.8) is 0 Å². The van der Waals surface area contributed by atoms with E-state index in [1.807, 2.05) is 0 Å². The van der Waals surface area contributed by atoms with E-state index in [0.717, 1.165) is 12.5 Å². The summed E-state index contributed by atoms with van der Waals surface area (Å²) in [5, 5.41) is 0. The lowest BCUT2D eigenvalue weighted by atomic mass is 9.96. The molecule has 1 aliphatic heterocycles. The fourth-order valence-corrected chi connectivity index (χ4v) is 3.31. The SMILES string of the molecule is NNC(CCC1CCCC1)CCC1CCCO1. The van der Waals surface area contributed by atoms with Gasteiger partial charge in [-0.2, -0.15) is 0 Å². The minimum Gasteiger partial charge on any atom is -0.378 e. The molecule has 100 valence electrons. The zero-order valence-electron chi connectivity index (χ0n) is 11.0. The van der Waals surface area contributed by atoms with Crippen LogP contribution in [-0.2, 0) is 4.74 Å². The van der Waals surface area contributed by atoms with Gasteiger partial charge in [0.2, 0.25) is 0 Å². The first-order chi connectivity index (χ1) is 8.38. The molecule has 1 heterocycles. The number of nitrogens with two attached hydrogens (primary N) is 1. The van der Waals surface area contributed by atoms with E-state index in [4.69, 9.17) is 10.6 Å². The average molecular weight is 240 g/mol. The third-order valence-electron chi connectivity index (χ3n) is 4.49. The summed E-state index contributed by atoms with van der Waals surface area (Å²) in [7, 11) is 0. The molecule has 17 heavy (non-hydrogen) atoms. The summed E-state index contributed by atoms with van der Waals surface area (Å²) in [5.74, 6) is 6.63. The third kappa shape index (κ3) is 4.57. The Bertz CT molecular complexity index is 178. The Morgan fingerprint density at radius 3 is 2.47 bits per heavy atom. The van der Waals surface area contributed by atoms with Gasteiger partial charge in [-0.05, 0) is 44.4 Å². The van der Waals surface area contributed by atoms with Gasteiger partial charge >= 0.3 is 0 Å². The van der Waals surface area contributed by atoms with Crippen molar-refractivity contribution in [2.75, 3.05) is 6.61 Å². The maximum absolute atomic E-state index is 5.66. The molecule has 0 bridgehead atoms. The maximum Gasteiger partial charge on any atom is 0.0576 e. The number of rotatable bonds is 7. The Hall–Kier alpha value is -0.120. The quantitative estimate of drug-likeness (QED) is 0.531. The summed E-state index contributed by atoms with van der Waals surface area (Å²) in [5.41, 5.74) is 2.99. The van der Waals surface area contributed by atoms with E-state index in [1.54, 1.807) is 0 Å². The highest BCUT2D eigenvalue weighted by atomic mass is 16.5. The molecule has 2 unspecified atom stereocenters. The largest absolute Gasteiger partial charge is 0.378 e. The van der Waals surface area contributed by atoms with Crippen molar-refractivity contribution in [1.82, 2.24) is 5.43 Å². The van der Waals surface area contributed by atoms with Crippen LogP contribution in [0.25, 0.3) is 0 Å². The number of hydrogen-bond donors (Lipinski definition) is 2. The van der Waals surface area contributed by atoms with Gasteiger partial charge in [0.25, 0.3) is 0 Å². The molecule has 3 N–H and O–H groups in total. The summed E-state index contributed by atoms with van der Waals surface area (Å²) in [6.07, 6.45) is 13.8. The van der Waals surface area contributed by atoms with Crippen LogP contribution in [0.2, 0.25) is 0 Å². The van der Waals surface area contributed by atoms with Crippen LogP contribution in [0.4, 0.5) is 0 Å². The van der Waals surface area contributed by atoms with Gasteiger partial charge in [0.05, 0.1) is 6.10 Å². The van der Waals surface area contributed by atoms with Crippen LogP contribution in [-0.4, -0.2) is 18.8 Å². The van der Waals surface area contributed by atoms with E-state index in [0.29, 0.717) is 12.1 Å². The predicted octanol–water partition coefficient (Wildman–Crippen LogP) is 2.75. The Labute approximate surface area is 105 Å². The first-order valence-corrected chi connectivity index (χ1v) is 7.46. The summed E-state index contributed by atoms with van der Waals surface area (Å²) < 4.78 is 5.66. The molecule has 1 saturated heterocycles. The molecule has 0 aromatic heterocycles. The van der Waals surface area contributed by atoms with Gasteiger partial charge in [-0.15, -0.1) is 0 Å². The van der Waals surface area contributed by atoms with Gasteiger partial charge in [-0.1, -0.05) is 25.7 Å². The molecule has 3 heteroatoms. The molecular weight excluding hydrogens is 212 g/mol. The lowest BCUT2D eigenvalue weighted by molar-refractivity contribution is 0.0990. The summed E-state index contributed by atoms with van der Waals surface area (Å²) in [6.45, 7) is 0.966. The molecule has 0 aromatic rings. The third-order valence-corrected chi connectivity index (χ3v) is 4.49. The molecule has 0 spiro atoms. The number of ether oxygens (including phenoxy) is 1. The molecule has 2 aliphatic rings. The molecule has 3 nitrogen and oxygen atoms in total. The standard InChI is InChI=1S/C14H28N2O/c15-16-13(8-7-12-4-1-2-5-12)9-10-14-6-3-11-17-14/h12-14,16H,1-11,15H2. The number of hydrogen-bond acceptors (Lipinski definition) is 3. The highest BCUT2D eigenvalue weighted by Crippen LogP contribution is 2.29. The van der Waals surface area contributed by atoms with Crippen molar-refractivity contribution in [2.24, 2.45) is 11.8 Å². The van der Waals surface area contributed by atoms with Crippen molar-refractivity contribution >= 4 is 0 Å². The molecule has 2 rings (SSSR count). The van der Waals surface area contributed by atoms with E-state index in [2.05, 4.69) is 5.43 Å². The predicted molar refractivity (Wildman–Crippen MR) is 70.5 cm³/mol. The minimum atomic E-state index is 0.500. The van der Waals surface area contributed by atoms with Crippen molar-refractivity contribution in [1.29, 1.82) is 0 Å². The van der Waals surface area contributed by atoms with Crippen LogP contribution in [0.5, 0.6) is 0 Å². The summed E-state index contributed by atoms with van der Waals surface area (Å²) in [4.78, 5) is 0. The molecule has 2 atom stereocenters. The van der Waals surface area contributed by atoms with Crippen molar-refractivity contribution in [3.05, 3.63) is 0 Å². The number of hydrazine groups is 1. The Balaban J connectivity index is 1.58. The molecule has 0 radical (unpaired) electrons. The second-order valence-corrected chi connectivity index (χ2v) is 5.80. The van der Waals surface area contributed by atoms with E-state index >= 15 is 0 Å². The van der Waals surface area contributed by atoms with Crippen LogP contribution >= 0.6 is 0 Å². The fourth-order valence-electron chi connectivity index (χ4n) is 3.31. The summed E-state index contributed by atoms with van der Waals surface area (Å²) in [6, 6.07) is 0.500. The fraction of sp³-hybridized carbons (Fsp3) is 1.00. The zero-order chi connectivity index (χ0) is 11.9. The topological polar surface area (TPSA) is 47.3 Å². The van der Waals surface area contributed by atoms with Gasteiger partial charge in [0.15, 0.2) is 0 Å². The normalized spacial score (nSPS) is 27.7. The van der Waals surface area contributed by atoms with Crippen LogP contribution in [0, 0.1) is 5.92 Å². The van der Waals surface area contributed by atoms with Crippen LogP contribution in [0.3, 0.4) is 0 Å². The van der Waals surface area contributed by atoms with Crippen molar-refractivity contribution in [3.8, 4) is 0 Å². The number of nitrogens with one attached hydrogen (secondary N) is 1. The molecular formula is C14H28N2O. The van der Waals surface area contributed by atoms with Crippen LogP contribution in [0.1, 0.15) is 64.2 Å². The molecule has 1 saturated carbocycles. The van der Waals surface area contributed by atoms with E-state index in [9.17, 15) is 0 Å². The highest BCUT2D eigenvalue weighted by molar-refractivity contribution is 4.74. The lowest BCUT2D eigenvalue weighted by Gasteiger charge is -2.19. The monoisotopic (exact) mass is 240 g/mol. The lowest BCUT2D eigenvalue weighted by Crippen LogP contribution is -2.36. The molecule has 1 aliphatic carbocycles. The van der Waals surface area contributed by atoms with Crippen molar-refractivity contribution < 1.29 is 4.74 Å². The van der Waals surface area contributed by atoms with Gasteiger partial charge in [-0.25, -0.2) is 0 Å². The van der Waals surface area contributed by atoms with E-state index < -0.39 is 0 Å². The Kier molecular flexibility index (Phi) is 5.75. The minimum absolute atomic E-state index is 0.500. The van der Waals surface area contributed by atoms with Gasteiger partial charge in [-0.3, -0.25) is 11.3 Å². The molecule has 0 amide bonds. The summed E-state index contributed by atoms with van der Waals surface area (Å²) >= 11 is 0. The van der Waals surface area contributed by atoms with Gasteiger partial charge in [0, 0.05) is 12.6 Å². The highest BCUT2D eigenvalue weighted by Gasteiger charge is 2.19. The second kappa shape index (κ2) is 7.34. The van der Waals surface area contributed by atoms with Gasteiger partial charge in [0.1, 0.15) is 0 Å². The van der Waals surface area contributed by atoms with E-state index in [-0.39, 0.29) is 0 Å².